The molecule has 1 aliphatic heterocycles. The number of hydrogen-bond donors (Lipinski definition) is 1. The van der Waals surface area contributed by atoms with Gasteiger partial charge in [0.1, 0.15) is 0 Å². The van der Waals surface area contributed by atoms with Gasteiger partial charge in [-0.25, -0.2) is 9.69 Å². The van der Waals surface area contributed by atoms with E-state index in [0.29, 0.717) is 5.69 Å². The summed E-state index contributed by atoms with van der Waals surface area (Å²) < 4.78 is 0. The number of allylic oxidation sites excluding steroid dienone is 3. The maximum Gasteiger partial charge on any atom is 0.335 e. The number of carboxylic acids is 1. The largest absolute Gasteiger partial charge is 0.478 e. The summed E-state index contributed by atoms with van der Waals surface area (Å²) in [7, 11) is 0. The number of carbonyl (C=O) groups is 3. The van der Waals surface area contributed by atoms with E-state index < -0.39 is 17.8 Å². The Morgan fingerprint density at radius 1 is 0.722 bits per heavy atom. The molecule has 1 saturated carbocycles. The maximum atomic E-state index is 13.7. The van der Waals surface area contributed by atoms with Crippen molar-refractivity contribution in [3.63, 3.8) is 0 Å². The standard InChI is InChI=1S/C31H25NO4/c1-17-6-10-19(11-7-17)25(20-12-8-18(2)9-13-20)26-23-14-15-24(26)28-27(23)29(33)32(30(28)34)22-5-3-4-21(16-22)31(35)36/h3-16,23-24,27-28H,1-2H3,(H,35,36)/t23-,24-,27-,28-/m1/s1. The first-order chi connectivity index (χ1) is 17.3. The molecule has 4 atom stereocenters. The van der Waals surface area contributed by atoms with Gasteiger partial charge < -0.3 is 5.11 Å². The second-order valence-corrected chi connectivity index (χ2v) is 9.92. The molecule has 0 aromatic heterocycles. The van der Waals surface area contributed by atoms with Gasteiger partial charge in [0.15, 0.2) is 0 Å². The zero-order valence-electron chi connectivity index (χ0n) is 20.0. The molecular formula is C31H25NO4. The first-order valence-corrected chi connectivity index (χ1v) is 12.1. The highest BCUT2D eigenvalue weighted by atomic mass is 16.4. The Kier molecular flexibility index (Phi) is 5.04. The van der Waals surface area contributed by atoms with Crippen LogP contribution in [0, 0.1) is 37.5 Å². The van der Waals surface area contributed by atoms with Crippen molar-refractivity contribution in [1.82, 2.24) is 0 Å². The van der Waals surface area contributed by atoms with Gasteiger partial charge in [-0.1, -0.05) is 77.9 Å². The summed E-state index contributed by atoms with van der Waals surface area (Å²) in [4.78, 5) is 40.1. The molecule has 2 aliphatic carbocycles. The van der Waals surface area contributed by atoms with Crippen molar-refractivity contribution in [2.75, 3.05) is 4.90 Å². The quantitative estimate of drug-likeness (QED) is 0.404. The zero-order valence-corrected chi connectivity index (χ0v) is 20.0. The van der Waals surface area contributed by atoms with Gasteiger partial charge in [0.05, 0.1) is 23.1 Å². The van der Waals surface area contributed by atoms with Crippen molar-refractivity contribution in [3.8, 4) is 0 Å². The number of imide groups is 1. The Bertz CT molecular complexity index is 1400. The Hall–Kier alpha value is -4.25. The number of fused-ring (bicyclic) bond motifs is 5. The molecular weight excluding hydrogens is 450 g/mol. The normalized spacial score (nSPS) is 23.9. The molecule has 1 N–H and O–H groups in total. The molecule has 178 valence electrons. The summed E-state index contributed by atoms with van der Waals surface area (Å²) >= 11 is 0. The van der Waals surface area contributed by atoms with Gasteiger partial charge in [-0.2, -0.15) is 0 Å². The van der Waals surface area contributed by atoms with Crippen LogP contribution in [0.2, 0.25) is 0 Å². The summed E-state index contributed by atoms with van der Waals surface area (Å²) in [5.74, 6) is -2.93. The Morgan fingerprint density at radius 2 is 1.22 bits per heavy atom. The van der Waals surface area contributed by atoms with E-state index in [1.54, 1.807) is 12.1 Å². The fourth-order valence-corrected chi connectivity index (χ4v) is 6.07. The van der Waals surface area contributed by atoms with Crippen LogP contribution in [-0.4, -0.2) is 22.9 Å². The molecule has 36 heavy (non-hydrogen) atoms. The number of carbonyl (C=O) groups excluding carboxylic acids is 2. The number of nitrogens with zero attached hydrogens (tertiary/aromatic N) is 1. The van der Waals surface area contributed by atoms with Crippen LogP contribution in [-0.2, 0) is 9.59 Å². The summed E-state index contributed by atoms with van der Waals surface area (Å²) in [6, 6.07) is 22.8. The molecule has 0 radical (unpaired) electrons. The van der Waals surface area contributed by atoms with Crippen molar-refractivity contribution >= 4 is 29.0 Å². The lowest BCUT2D eigenvalue weighted by molar-refractivity contribution is -0.122. The number of aryl methyl sites for hydroxylation is 2. The Morgan fingerprint density at radius 3 is 1.69 bits per heavy atom. The minimum atomic E-state index is -1.09. The van der Waals surface area contributed by atoms with Gasteiger partial charge in [0.25, 0.3) is 0 Å². The zero-order chi connectivity index (χ0) is 25.1. The van der Waals surface area contributed by atoms with Gasteiger partial charge >= 0.3 is 5.97 Å². The second-order valence-electron chi connectivity index (χ2n) is 9.92. The third kappa shape index (κ3) is 3.27. The average molecular weight is 476 g/mol. The molecule has 3 aromatic rings. The van der Waals surface area contributed by atoms with Crippen LogP contribution in [0.25, 0.3) is 5.57 Å². The summed E-state index contributed by atoms with van der Waals surface area (Å²) in [5, 5.41) is 9.38. The molecule has 1 heterocycles. The molecule has 2 fully saturated rings. The van der Waals surface area contributed by atoms with E-state index in [2.05, 4.69) is 74.5 Å². The molecule has 0 unspecified atom stereocenters. The fraction of sp³-hybridized carbons (Fsp3) is 0.194. The maximum absolute atomic E-state index is 13.7. The van der Waals surface area contributed by atoms with E-state index in [4.69, 9.17) is 0 Å². The molecule has 0 spiro atoms. The lowest BCUT2D eigenvalue weighted by Crippen LogP contribution is -2.33. The van der Waals surface area contributed by atoms with Crippen LogP contribution in [0.3, 0.4) is 0 Å². The highest BCUT2D eigenvalue weighted by molar-refractivity contribution is 6.23. The first kappa shape index (κ1) is 22.2. The molecule has 2 bridgehead atoms. The highest BCUT2D eigenvalue weighted by Crippen LogP contribution is 2.58. The van der Waals surface area contributed by atoms with E-state index in [9.17, 15) is 19.5 Å². The third-order valence-electron chi connectivity index (χ3n) is 7.74. The van der Waals surface area contributed by atoms with Gasteiger partial charge in [-0.3, -0.25) is 9.59 Å². The predicted molar refractivity (Wildman–Crippen MR) is 137 cm³/mol. The Balaban J connectivity index is 1.47. The van der Waals surface area contributed by atoms with Gasteiger partial charge in [0.2, 0.25) is 11.8 Å². The monoisotopic (exact) mass is 475 g/mol. The van der Waals surface area contributed by atoms with Crippen LogP contribution in [0.15, 0.2) is 90.5 Å². The lowest BCUT2D eigenvalue weighted by atomic mass is 9.85. The smallest absolute Gasteiger partial charge is 0.335 e. The van der Waals surface area contributed by atoms with Gasteiger partial charge in [0, 0.05) is 11.8 Å². The number of anilines is 1. The minimum Gasteiger partial charge on any atom is -0.478 e. The van der Waals surface area contributed by atoms with E-state index in [1.807, 2.05) is 0 Å². The van der Waals surface area contributed by atoms with E-state index in [1.165, 1.54) is 28.2 Å². The van der Waals surface area contributed by atoms with Crippen LogP contribution < -0.4 is 4.90 Å². The number of rotatable bonds is 4. The van der Waals surface area contributed by atoms with Crippen molar-refractivity contribution in [1.29, 1.82) is 0 Å². The lowest BCUT2D eigenvalue weighted by Gasteiger charge is -2.22. The van der Waals surface area contributed by atoms with Gasteiger partial charge in [-0.05, 0) is 54.3 Å². The minimum absolute atomic E-state index is 0.0490. The number of carboxylic acid groups (broad SMARTS) is 1. The molecule has 5 nitrogen and oxygen atoms in total. The third-order valence-corrected chi connectivity index (χ3v) is 7.74. The number of hydrogen-bond acceptors (Lipinski definition) is 3. The van der Waals surface area contributed by atoms with E-state index >= 15 is 0 Å². The highest BCUT2D eigenvalue weighted by Gasteiger charge is 2.62. The molecule has 3 aromatic carbocycles. The van der Waals surface area contributed by atoms with Crippen LogP contribution in [0.5, 0.6) is 0 Å². The molecule has 6 rings (SSSR count). The number of amides is 2. The van der Waals surface area contributed by atoms with Crippen LogP contribution in [0.4, 0.5) is 5.69 Å². The van der Waals surface area contributed by atoms with E-state index in [-0.39, 0.29) is 29.2 Å². The number of benzene rings is 3. The molecule has 1 saturated heterocycles. The van der Waals surface area contributed by atoms with Crippen LogP contribution >= 0.6 is 0 Å². The molecule has 2 amide bonds. The molecule has 5 heteroatoms. The molecule has 3 aliphatic rings. The SMILES string of the molecule is Cc1ccc(C(=C2[C@H]3C=C[C@H]2[C@H]2C(=O)N(c4cccc(C(=O)O)c4)C(=O)[C@@H]23)c2ccc(C)cc2)cc1. The van der Waals surface area contributed by atoms with Crippen LogP contribution in [0.1, 0.15) is 32.6 Å². The van der Waals surface area contributed by atoms with Crippen molar-refractivity contribution in [2.45, 2.75) is 13.8 Å². The van der Waals surface area contributed by atoms with Crippen molar-refractivity contribution in [3.05, 3.63) is 118 Å². The summed E-state index contributed by atoms with van der Waals surface area (Å²) in [6.07, 6.45) is 4.15. The average Bonchev–Trinajstić information content (AvgIpc) is 3.50. The predicted octanol–water partition coefficient (Wildman–Crippen LogP) is 5.43. The van der Waals surface area contributed by atoms with Gasteiger partial charge in [-0.15, -0.1) is 0 Å². The second kappa shape index (κ2) is 8.16. The topological polar surface area (TPSA) is 74.7 Å². The summed E-state index contributed by atoms with van der Waals surface area (Å²) in [5.41, 5.74) is 7.06. The number of aromatic carboxylic acids is 1. The van der Waals surface area contributed by atoms with Crippen molar-refractivity contribution in [2.24, 2.45) is 23.7 Å². The fourth-order valence-electron chi connectivity index (χ4n) is 6.07. The van der Waals surface area contributed by atoms with E-state index in [0.717, 1.165) is 22.3 Å². The first-order valence-electron chi connectivity index (χ1n) is 12.1. The Labute approximate surface area is 209 Å². The van der Waals surface area contributed by atoms with Crippen molar-refractivity contribution < 1.29 is 19.5 Å². The summed E-state index contributed by atoms with van der Waals surface area (Å²) in [6.45, 7) is 4.11.